The van der Waals surface area contributed by atoms with Gasteiger partial charge in [-0.15, -0.1) is 0 Å². The maximum atomic E-state index is 11.5. The van der Waals surface area contributed by atoms with Crippen LogP contribution >= 0.6 is 0 Å². The van der Waals surface area contributed by atoms with E-state index in [0.717, 1.165) is 25.9 Å². The van der Waals surface area contributed by atoms with Crippen LogP contribution in [0, 0.1) is 0 Å². The average molecular weight is 294 g/mol. The standard InChI is InChI=1S/C11H22N2O5S/c1-3-17-11(14)13-8-6-12(7-9-13)5-4-10-18-19(2,15)16/h3-10H2,1-2H3. The Balaban J connectivity index is 2.15. The zero-order valence-corrected chi connectivity index (χ0v) is 12.3. The van der Waals surface area contributed by atoms with Crippen molar-refractivity contribution >= 4 is 16.2 Å². The topological polar surface area (TPSA) is 76.2 Å². The fourth-order valence-corrected chi connectivity index (χ4v) is 2.29. The van der Waals surface area contributed by atoms with Gasteiger partial charge in [0.1, 0.15) is 0 Å². The molecule has 1 saturated heterocycles. The van der Waals surface area contributed by atoms with Crippen LogP contribution in [0.4, 0.5) is 4.79 Å². The Kier molecular flexibility index (Phi) is 6.53. The van der Waals surface area contributed by atoms with Gasteiger partial charge in [-0.2, -0.15) is 8.42 Å². The van der Waals surface area contributed by atoms with Crippen LogP contribution in [0.3, 0.4) is 0 Å². The van der Waals surface area contributed by atoms with Gasteiger partial charge in [0.15, 0.2) is 0 Å². The number of hydrogen-bond donors (Lipinski definition) is 0. The van der Waals surface area contributed by atoms with Crippen molar-refractivity contribution in [3.63, 3.8) is 0 Å². The molecule has 19 heavy (non-hydrogen) atoms. The summed E-state index contributed by atoms with van der Waals surface area (Å²) in [5.41, 5.74) is 0. The quantitative estimate of drug-likeness (QED) is 0.512. The third-order valence-corrected chi connectivity index (χ3v) is 3.41. The molecule has 0 aromatic carbocycles. The van der Waals surface area contributed by atoms with Crippen LogP contribution in [0.15, 0.2) is 0 Å². The minimum Gasteiger partial charge on any atom is -0.450 e. The van der Waals surface area contributed by atoms with Crippen molar-refractivity contribution in [3.8, 4) is 0 Å². The minimum atomic E-state index is -3.34. The van der Waals surface area contributed by atoms with Gasteiger partial charge in [-0.1, -0.05) is 0 Å². The number of amides is 1. The van der Waals surface area contributed by atoms with Gasteiger partial charge in [0.2, 0.25) is 0 Å². The summed E-state index contributed by atoms with van der Waals surface area (Å²) in [4.78, 5) is 15.3. The van der Waals surface area contributed by atoms with Crippen molar-refractivity contribution < 1.29 is 22.1 Å². The van der Waals surface area contributed by atoms with Crippen LogP contribution in [0.2, 0.25) is 0 Å². The van der Waals surface area contributed by atoms with E-state index in [9.17, 15) is 13.2 Å². The van der Waals surface area contributed by atoms with Gasteiger partial charge in [0.05, 0.1) is 19.5 Å². The lowest BCUT2D eigenvalue weighted by Gasteiger charge is -2.33. The van der Waals surface area contributed by atoms with Crippen molar-refractivity contribution in [3.05, 3.63) is 0 Å². The first-order valence-electron chi connectivity index (χ1n) is 6.41. The van der Waals surface area contributed by atoms with E-state index in [1.54, 1.807) is 11.8 Å². The highest BCUT2D eigenvalue weighted by molar-refractivity contribution is 7.85. The van der Waals surface area contributed by atoms with Gasteiger partial charge >= 0.3 is 6.09 Å². The maximum Gasteiger partial charge on any atom is 0.409 e. The fourth-order valence-electron chi connectivity index (χ4n) is 1.87. The molecule has 0 radical (unpaired) electrons. The highest BCUT2D eigenvalue weighted by Crippen LogP contribution is 2.04. The largest absolute Gasteiger partial charge is 0.450 e. The van der Waals surface area contributed by atoms with E-state index in [1.807, 2.05) is 0 Å². The lowest BCUT2D eigenvalue weighted by molar-refractivity contribution is 0.0782. The minimum absolute atomic E-state index is 0.205. The van der Waals surface area contributed by atoms with Crippen molar-refractivity contribution in [2.45, 2.75) is 13.3 Å². The Morgan fingerprint density at radius 3 is 2.37 bits per heavy atom. The van der Waals surface area contributed by atoms with Gasteiger partial charge < -0.3 is 9.64 Å². The van der Waals surface area contributed by atoms with Gasteiger partial charge in [0, 0.05) is 32.7 Å². The van der Waals surface area contributed by atoms with E-state index in [4.69, 9.17) is 4.74 Å². The third-order valence-electron chi connectivity index (χ3n) is 2.81. The molecule has 0 aromatic heterocycles. The average Bonchev–Trinajstić information content (AvgIpc) is 2.34. The second-order valence-electron chi connectivity index (χ2n) is 4.41. The van der Waals surface area contributed by atoms with Crippen molar-refractivity contribution in [2.24, 2.45) is 0 Å². The van der Waals surface area contributed by atoms with Gasteiger partial charge in [-0.05, 0) is 13.3 Å². The molecule has 1 aliphatic rings. The summed E-state index contributed by atoms with van der Waals surface area (Å²) in [7, 11) is -3.34. The molecule has 0 unspecified atom stereocenters. The van der Waals surface area contributed by atoms with Crippen LogP contribution in [0.5, 0.6) is 0 Å². The third kappa shape index (κ3) is 6.74. The molecule has 8 heteroatoms. The maximum absolute atomic E-state index is 11.5. The molecule has 1 amide bonds. The summed E-state index contributed by atoms with van der Waals surface area (Å²) in [5.74, 6) is 0. The number of ether oxygens (including phenoxy) is 1. The normalized spacial score (nSPS) is 17.5. The van der Waals surface area contributed by atoms with Gasteiger partial charge in [-0.25, -0.2) is 4.79 Å². The predicted octanol–water partition coefficient (Wildman–Crippen LogP) is 0.127. The molecule has 1 aliphatic heterocycles. The molecule has 1 rings (SSSR count). The summed E-state index contributed by atoms with van der Waals surface area (Å²) in [5, 5.41) is 0. The summed E-state index contributed by atoms with van der Waals surface area (Å²) in [6.07, 6.45) is 1.44. The molecule has 0 bridgehead atoms. The molecule has 0 aromatic rings. The van der Waals surface area contributed by atoms with E-state index in [2.05, 4.69) is 9.08 Å². The number of hydrogen-bond acceptors (Lipinski definition) is 6. The molecule has 1 heterocycles. The summed E-state index contributed by atoms with van der Waals surface area (Å²) in [6.45, 7) is 5.99. The summed E-state index contributed by atoms with van der Waals surface area (Å²) < 4.78 is 31.1. The smallest absolute Gasteiger partial charge is 0.409 e. The van der Waals surface area contributed by atoms with Crippen LogP contribution in [0.1, 0.15) is 13.3 Å². The van der Waals surface area contributed by atoms with Crippen molar-refractivity contribution in [1.29, 1.82) is 0 Å². The molecule has 0 N–H and O–H groups in total. The molecule has 0 aliphatic carbocycles. The van der Waals surface area contributed by atoms with E-state index in [-0.39, 0.29) is 12.7 Å². The summed E-state index contributed by atoms with van der Waals surface area (Å²) in [6, 6.07) is 0. The van der Waals surface area contributed by atoms with Gasteiger partial charge in [0.25, 0.3) is 10.1 Å². The highest BCUT2D eigenvalue weighted by Gasteiger charge is 2.21. The van der Waals surface area contributed by atoms with E-state index in [0.29, 0.717) is 26.1 Å². The zero-order chi connectivity index (χ0) is 14.3. The Labute approximate surface area is 114 Å². The van der Waals surface area contributed by atoms with Crippen molar-refractivity contribution in [1.82, 2.24) is 9.80 Å². The number of carbonyl (C=O) groups excluding carboxylic acids is 1. The Morgan fingerprint density at radius 1 is 1.21 bits per heavy atom. The van der Waals surface area contributed by atoms with E-state index >= 15 is 0 Å². The van der Waals surface area contributed by atoms with Crippen LogP contribution in [-0.2, 0) is 19.0 Å². The number of rotatable bonds is 6. The second kappa shape index (κ2) is 7.66. The van der Waals surface area contributed by atoms with Crippen LogP contribution in [-0.4, -0.2) is 76.5 Å². The molecular weight excluding hydrogens is 272 g/mol. The lowest BCUT2D eigenvalue weighted by Crippen LogP contribution is -2.49. The molecular formula is C11H22N2O5S. The van der Waals surface area contributed by atoms with Crippen LogP contribution < -0.4 is 0 Å². The molecule has 7 nitrogen and oxygen atoms in total. The first kappa shape index (κ1) is 16.2. The van der Waals surface area contributed by atoms with E-state index in [1.165, 1.54) is 0 Å². The number of carbonyl (C=O) groups is 1. The molecule has 0 atom stereocenters. The fraction of sp³-hybridized carbons (Fsp3) is 0.909. The molecule has 0 spiro atoms. The Bertz CT molecular complexity index is 377. The SMILES string of the molecule is CCOC(=O)N1CCN(CCCOS(C)(=O)=O)CC1. The van der Waals surface area contributed by atoms with Gasteiger partial charge in [-0.3, -0.25) is 9.08 Å². The Morgan fingerprint density at radius 2 is 1.84 bits per heavy atom. The van der Waals surface area contributed by atoms with Crippen LogP contribution in [0.25, 0.3) is 0 Å². The first-order chi connectivity index (χ1) is 8.92. The first-order valence-corrected chi connectivity index (χ1v) is 8.22. The molecule has 112 valence electrons. The van der Waals surface area contributed by atoms with E-state index < -0.39 is 10.1 Å². The predicted molar refractivity (Wildman–Crippen MR) is 70.4 cm³/mol. The molecule has 0 saturated carbocycles. The monoisotopic (exact) mass is 294 g/mol. The molecule has 1 fully saturated rings. The Hall–Kier alpha value is -0.860. The highest BCUT2D eigenvalue weighted by atomic mass is 32.2. The number of piperazine rings is 1. The second-order valence-corrected chi connectivity index (χ2v) is 6.05. The number of nitrogens with zero attached hydrogens (tertiary/aromatic N) is 2. The zero-order valence-electron chi connectivity index (χ0n) is 11.5. The lowest BCUT2D eigenvalue weighted by atomic mass is 10.3. The summed E-state index contributed by atoms with van der Waals surface area (Å²) >= 11 is 0. The van der Waals surface area contributed by atoms with Crippen molar-refractivity contribution in [2.75, 3.05) is 52.2 Å².